The predicted molar refractivity (Wildman–Crippen MR) is 74.3 cm³/mol. The lowest BCUT2D eigenvalue weighted by Crippen LogP contribution is -2.48. The van der Waals surface area contributed by atoms with Crippen molar-refractivity contribution in [2.75, 3.05) is 6.61 Å². The minimum atomic E-state index is 0.332. The van der Waals surface area contributed by atoms with Gasteiger partial charge in [0.05, 0.1) is 6.61 Å². The molecule has 1 heterocycles. The van der Waals surface area contributed by atoms with Crippen molar-refractivity contribution in [1.29, 1.82) is 0 Å². The van der Waals surface area contributed by atoms with E-state index in [1.54, 1.807) is 0 Å². The third-order valence-electron chi connectivity index (χ3n) is 3.97. The Kier molecular flexibility index (Phi) is 4.61. The fourth-order valence-electron chi connectivity index (χ4n) is 2.98. The van der Waals surface area contributed by atoms with Crippen LogP contribution in [0.25, 0.3) is 0 Å². The second kappa shape index (κ2) is 6.21. The normalized spacial score (nSPS) is 21.8. The first kappa shape index (κ1) is 13.4. The third kappa shape index (κ3) is 2.85. The van der Waals surface area contributed by atoms with Crippen LogP contribution in [-0.4, -0.2) is 12.6 Å². The molecule has 0 aliphatic carbocycles. The number of hydrogen-bond acceptors (Lipinski definition) is 3. The van der Waals surface area contributed by atoms with Gasteiger partial charge in [-0.1, -0.05) is 38.5 Å². The van der Waals surface area contributed by atoms with Gasteiger partial charge in [-0.05, 0) is 30.4 Å². The topological polar surface area (TPSA) is 47.3 Å². The van der Waals surface area contributed by atoms with Gasteiger partial charge in [0.1, 0.15) is 5.75 Å². The Hall–Kier alpha value is -1.06. The fourth-order valence-corrected chi connectivity index (χ4v) is 2.98. The van der Waals surface area contributed by atoms with Gasteiger partial charge in [0.15, 0.2) is 0 Å². The number of ether oxygens (including phenoxy) is 1. The quantitative estimate of drug-likeness (QED) is 0.622. The summed E-state index contributed by atoms with van der Waals surface area (Å²) in [6, 6.07) is 8.63. The van der Waals surface area contributed by atoms with Crippen LogP contribution in [0.4, 0.5) is 0 Å². The van der Waals surface area contributed by atoms with E-state index in [1.807, 2.05) is 12.1 Å². The Bertz CT molecular complexity index is 381. The highest BCUT2D eigenvalue weighted by Gasteiger charge is 2.29. The number of para-hydroxylation sites is 1. The Morgan fingerprint density at radius 1 is 1.44 bits per heavy atom. The van der Waals surface area contributed by atoms with Crippen molar-refractivity contribution in [3.8, 4) is 5.75 Å². The first-order valence-electron chi connectivity index (χ1n) is 6.93. The average molecular weight is 248 g/mol. The van der Waals surface area contributed by atoms with Gasteiger partial charge >= 0.3 is 0 Å². The van der Waals surface area contributed by atoms with Crippen molar-refractivity contribution in [1.82, 2.24) is 5.43 Å². The van der Waals surface area contributed by atoms with Crippen LogP contribution >= 0.6 is 0 Å². The molecule has 0 saturated carbocycles. The summed E-state index contributed by atoms with van der Waals surface area (Å²) in [6.07, 6.45) is 3.45. The zero-order valence-corrected chi connectivity index (χ0v) is 11.4. The average Bonchev–Trinajstić information content (AvgIpc) is 2.40. The maximum atomic E-state index is 5.85. The fraction of sp³-hybridized carbons (Fsp3) is 0.600. The molecule has 0 bridgehead atoms. The van der Waals surface area contributed by atoms with Crippen LogP contribution < -0.4 is 16.0 Å². The Morgan fingerprint density at radius 2 is 2.22 bits per heavy atom. The summed E-state index contributed by atoms with van der Waals surface area (Å²) < 4.78 is 5.85. The van der Waals surface area contributed by atoms with Crippen LogP contribution in [-0.2, 0) is 6.42 Å². The van der Waals surface area contributed by atoms with E-state index in [0.717, 1.165) is 18.8 Å². The standard InChI is InChI=1S/C15H24N2O/c1-3-6-11(2)15(17-16)13-9-12-7-4-5-8-14(12)18-10-13/h4-5,7-8,11,13,15,17H,3,6,9-10,16H2,1-2H3. The minimum Gasteiger partial charge on any atom is -0.493 e. The second-order valence-corrected chi connectivity index (χ2v) is 5.34. The number of nitrogens with two attached hydrogens (primary N) is 1. The van der Waals surface area contributed by atoms with Crippen molar-refractivity contribution in [2.24, 2.45) is 17.7 Å². The first-order chi connectivity index (χ1) is 8.76. The summed E-state index contributed by atoms with van der Waals surface area (Å²) >= 11 is 0. The zero-order valence-electron chi connectivity index (χ0n) is 11.4. The Balaban J connectivity index is 2.06. The zero-order chi connectivity index (χ0) is 13.0. The van der Waals surface area contributed by atoms with Gasteiger partial charge in [0.25, 0.3) is 0 Å². The number of nitrogens with one attached hydrogen (secondary N) is 1. The summed E-state index contributed by atoms with van der Waals surface area (Å²) in [7, 11) is 0. The summed E-state index contributed by atoms with van der Waals surface area (Å²) in [6.45, 7) is 5.26. The van der Waals surface area contributed by atoms with Crippen molar-refractivity contribution in [2.45, 2.75) is 39.2 Å². The largest absolute Gasteiger partial charge is 0.493 e. The smallest absolute Gasteiger partial charge is 0.122 e. The second-order valence-electron chi connectivity index (χ2n) is 5.34. The molecule has 0 aromatic heterocycles. The minimum absolute atomic E-state index is 0.332. The third-order valence-corrected chi connectivity index (χ3v) is 3.97. The van der Waals surface area contributed by atoms with Gasteiger partial charge in [-0.2, -0.15) is 0 Å². The van der Waals surface area contributed by atoms with Gasteiger partial charge in [0.2, 0.25) is 0 Å². The highest BCUT2D eigenvalue weighted by atomic mass is 16.5. The summed E-state index contributed by atoms with van der Waals surface area (Å²) in [5, 5.41) is 0. The molecule has 1 aromatic carbocycles. The molecular weight excluding hydrogens is 224 g/mol. The predicted octanol–water partition coefficient (Wildman–Crippen LogP) is 2.51. The van der Waals surface area contributed by atoms with Crippen LogP contribution in [0.3, 0.4) is 0 Å². The number of hydrogen-bond donors (Lipinski definition) is 2. The molecule has 18 heavy (non-hydrogen) atoms. The van der Waals surface area contributed by atoms with E-state index in [9.17, 15) is 0 Å². The number of rotatable bonds is 5. The van der Waals surface area contributed by atoms with E-state index in [1.165, 1.54) is 18.4 Å². The van der Waals surface area contributed by atoms with Gasteiger partial charge in [-0.15, -0.1) is 0 Å². The number of fused-ring (bicyclic) bond motifs is 1. The molecule has 0 amide bonds. The molecule has 1 aromatic rings. The molecule has 3 N–H and O–H groups in total. The van der Waals surface area contributed by atoms with Gasteiger partial charge in [-0.3, -0.25) is 11.3 Å². The monoisotopic (exact) mass is 248 g/mol. The number of hydrazine groups is 1. The van der Waals surface area contributed by atoms with E-state index >= 15 is 0 Å². The molecule has 0 saturated heterocycles. The molecule has 1 aliphatic rings. The molecule has 2 rings (SSSR count). The highest BCUT2D eigenvalue weighted by Crippen LogP contribution is 2.30. The molecule has 1 aliphatic heterocycles. The van der Waals surface area contributed by atoms with Gasteiger partial charge in [-0.25, -0.2) is 0 Å². The van der Waals surface area contributed by atoms with Crippen molar-refractivity contribution in [3.63, 3.8) is 0 Å². The first-order valence-corrected chi connectivity index (χ1v) is 6.93. The van der Waals surface area contributed by atoms with Crippen molar-refractivity contribution < 1.29 is 4.74 Å². The molecule has 3 nitrogen and oxygen atoms in total. The van der Waals surface area contributed by atoms with E-state index in [-0.39, 0.29) is 0 Å². The van der Waals surface area contributed by atoms with Crippen LogP contribution in [0.1, 0.15) is 32.3 Å². The molecule has 3 heteroatoms. The van der Waals surface area contributed by atoms with Crippen molar-refractivity contribution >= 4 is 0 Å². The molecule has 3 unspecified atom stereocenters. The van der Waals surface area contributed by atoms with Crippen LogP contribution in [0, 0.1) is 11.8 Å². The Labute approximate surface area is 110 Å². The maximum Gasteiger partial charge on any atom is 0.122 e. The summed E-state index contributed by atoms with van der Waals surface area (Å²) in [4.78, 5) is 0. The van der Waals surface area contributed by atoms with E-state index < -0.39 is 0 Å². The van der Waals surface area contributed by atoms with Crippen LogP contribution in [0.15, 0.2) is 24.3 Å². The summed E-state index contributed by atoms with van der Waals surface area (Å²) in [5.74, 6) is 7.83. The lowest BCUT2D eigenvalue weighted by Gasteiger charge is -2.34. The van der Waals surface area contributed by atoms with E-state index in [2.05, 4.69) is 31.4 Å². The molecule has 0 spiro atoms. The molecular formula is C15H24N2O. The Morgan fingerprint density at radius 3 is 2.94 bits per heavy atom. The molecule has 0 fully saturated rings. The molecule has 100 valence electrons. The lowest BCUT2D eigenvalue weighted by molar-refractivity contribution is 0.154. The van der Waals surface area contributed by atoms with Gasteiger partial charge in [0, 0.05) is 12.0 Å². The van der Waals surface area contributed by atoms with E-state index in [4.69, 9.17) is 10.6 Å². The highest BCUT2D eigenvalue weighted by molar-refractivity contribution is 5.35. The van der Waals surface area contributed by atoms with Gasteiger partial charge < -0.3 is 4.74 Å². The van der Waals surface area contributed by atoms with Crippen molar-refractivity contribution in [3.05, 3.63) is 29.8 Å². The lowest BCUT2D eigenvalue weighted by atomic mass is 9.82. The molecule has 3 atom stereocenters. The number of benzene rings is 1. The summed E-state index contributed by atoms with van der Waals surface area (Å²) in [5.41, 5.74) is 4.31. The SMILES string of the molecule is CCCC(C)C(NN)C1COc2ccccc2C1. The van der Waals surface area contributed by atoms with Crippen LogP contribution in [0.5, 0.6) is 5.75 Å². The molecule has 0 radical (unpaired) electrons. The van der Waals surface area contributed by atoms with Crippen LogP contribution in [0.2, 0.25) is 0 Å². The van der Waals surface area contributed by atoms with E-state index in [0.29, 0.717) is 17.9 Å². The maximum absolute atomic E-state index is 5.85.